The fourth-order valence-electron chi connectivity index (χ4n) is 3.06. The summed E-state index contributed by atoms with van der Waals surface area (Å²) >= 11 is 1.38. The molecule has 9 nitrogen and oxygen atoms in total. The maximum atomic E-state index is 12.9. The van der Waals surface area contributed by atoms with Gasteiger partial charge in [-0.2, -0.15) is 15.0 Å². The van der Waals surface area contributed by atoms with Crippen molar-refractivity contribution in [3.05, 3.63) is 68.9 Å². The van der Waals surface area contributed by atoms with Crippen molar-refractivity contribution in [2.45, 2.75) is 37.0 Å². The Labute approximate surface area is 182 Å². The summed E-state index contributed by atoms with van der Waals surface area (Å²) in [6.45, 7) is 5.98. The molecule has 31 heavy (non-hydrogen) atoms. The predicted molar refractivity (Wildman–Crippen MR) is 120 cm³/mol. The molecule has 0 amide bonds. The Morgan fingerprint density at radius 1 is 1.00 bits per heavy atom. The fourth-order valence-corrected chi connectivity index (χ4v) is 3.95. The van der Waals surface area contributed by atoms with Gasteiger partial charge in [0.1, 0.15) is 16.2 Å². The highest BCUT2D eigenvalue weighted by molar-refractivity contribution is 7.98. The fraction of sp³-hybridized carbons (Fsp3) is 0.333. The van der Waals surface area contributed by atoms with E-state index in [1.54, 1.807) is 18.0 Å². The van der Waals surface area contributed by atoms with Crippen LogP contribution in [0.3, 0.4) is 0 Å². The van der Waals surface area contributed by atoms with Gasteiger partial charge in [0.05, 0.1) is 17.6 Å². The summed E-state index contributed by atoms with van der Waals surface area (Å²) in [5.41, 5.74) is 0.775. The summed E-state index contributed by atoms with van der Waals surface area (Å²) in [5.74, 6) is 1.04. The molecule has 160 valence electrons. The van der Waals surface area contributed by atoms with E-state index < -0.39 is 11.2 Å². The molecule has 4 aromatic rings. The van der Waals surface area contributed by atoms with E-state index in [-0.39, 0.29) is 5.41 Å². The monoisotopic (exact) mass is 437 g/mol. The normalized spacial score (nSPS) is 11.9. The Morgan fingerprint density at radius 2 is 1.71 bits per heavy atom. The molecule has 0 fully saturated rings. The van der Waals surface area contributed by atoms with Crippen molar-refractivity contribution in [2.24, 2.45) is 14.1 Å². The number of para-hydroxylation sites is 1. The lowest BCUT2D eigenvalue weighted by molar-refractivity contribution is 0.539. The molecule has 4 rings (SSSR count). The number of rotatable bonds is 4. The first-order chi connectivity index (χ1) is 14.7. The highest BCUT2D eigenvalue weighted by Gasteiger charge is 2.23. The van der Waals surface area contributed by atoms with Crippen molar-refractivity contribution < 1.29 is 0 Å². The molecule has 0 radical (unpaired) electrons. The number of fused-ring (bicyclic) bond motifs is 1. The molecule has 0 saturated heterocycles. The van der Waals surface area contributed by atoms with Crippen molar-refractivity contribution in [1.82, 2.24) is 34.1 Å². The van der Waals surface area contributed by atoms with Gasteiger partial charge in [-0.25, -0.2) is 14.8 Å². The quantitative estimate of drug-likeness (QED) is 0.356. The van der Waals surface area contributed by atoms with Crippen LogP contribution in [0.2, 0.25) is 0 Å². The lowest BCUT2D eigenvalue weighted by Gasteiger charge is -2.19. The van der Waals surface area contributed by atoms with Crippen molar-refractivity contribution >= 4 is 22.8 Å². The Hall–Kier alpha value is -3.27. The first-order valence-corrected chi connectivity index (χ1v) is 10.7. The second-order valence-corrected chi connectivity index (χ2v) is 9.22. The SMILES string of the molecule is Cn1c(=O)c2c(SCc3cnn(-c4ccccc4)n3)nc(C(C)(C)C)nc2n(C)c1=O. The van der Waals surface area contributed by atoms with Crippen LogP contribution in [0, 0.1) is 0 Å². The van der Waals surface area contributed by atoms with Crippen LogP contribution in [0.25, 0.3) is 16.7 Å². The lowest BCUT2D eigenvalue weighted by atomic mass is 9.96. The third-order valence-electron chi connectivity index (χ3n) is 4.82. The van der Waals surface area contributed by atoms with Crippen LogP contribution in [-0.2, 0) is 25.3 Å². The molecule has 0 aliphatic rings. The Kier molecular flexibility index (Phi) is 5.26. The third kappa shape index (κ3) is 3.90. The van der Waals surface area contributed by atoms with Crippen molar-refractivity contribution in [3.63, 3.8) is 0 Å². The van der Waals surface area contributed by atoms with Crippen LogP contribution >= 0.6 is 11.8 Å². The van der Waals surface area contributed by atoms with Crippen LogP contribution in [-0.4, -0.2) is 34.1 Å². The van der Waals surface area contributed by atoms with Crippen LogP contribution in [0.1, 0.15) is 32.3 Å². The van der Waals surface area contributed by atoms with Gasteiger partial charge in [0.25, 0.3) is 5.56 Å². The van der Waals surface area contributed by atoms with Crippen molar-refractivity contribution in [2.75, 3.05) is 0 Å². The summed E-state index contributed by atoms with van der Waals surface area (Å²) in [6, 6.07) is 9.64. The predicted octanol–water partition coefficient (Wildman–Crippen LogP) is 2.20. The molecule has 0 aliphatic carbocycles. The topological polar surface area (TPSA) is 100 Å². The van der Waals surface area contributed by atoms with Gasteiger partial charge < -0.3 is 0 Å². The number of hydrogen-bond donors (Lipinski definition) is 0. The molecule has 1 aromatic carbocycles. The minimum atomic E-state index is -0.419. The van der Waals surface area contributed by atoms with Gasteiger partial charge >= 0.3 is 5.69 Å². The van der Waals surface area contributed by atoms with E-state index in [4.69, 9.17) is 4.98 Å². The number of thioether (sulfide) groups is 1. The van der Waals surface area contributed by atoms with E-state index in [0.717, 1.165) is 15.9 Å². The van der Waals surface area contributed by atoms with Gasteiger partial charge in [0, 0.05) is 25.3 Å². The molecule has 0 aliphatic heterocycles. The van der Waals surface area contributed by atoms with E-state index >= 15 is 0 Å². The smallest absolute Gasteiger partial charge is 0.280 e. The highest BCUT2D eigenvalue weighted by Crippen LogP contribution is 2.28. The molecule has 3 aromatic heterocycles. The van der Waals surface area contributed by atoms with E-state index in [2.05, 4.69) is 15.2 Å². The number of hydrogen-bond acceptors (Lipinski definition) is 7. The average molecular weight is 438 g/mol. The van der Waals surface area contributed by atoms with E-state index in [1.807, 2.05) is 51.1 Å². The van der Waals surface area contributed by atoms with Crippen LogP contribution < -0.4 is 11.2 Å². The Bertz CT molecular complexity index is 1380. The molecule has 3 heterocycles. The second-order valence-electron chi connectivity index (χ2n) is 8.26. The van der Waals surface area contributed by atoms with Gasteiger partial charge in [0.15, 0.2) is 5.65 Å². The molecule has 0 bridgehead atoms. The maximum absolute atomic E-state index is 12.9. The number of benzene rings is 1. The van der Waals surface area contributed by atoms with Gasteiger partial charge in [-0.3, -0.25) is 13.9 Å². The zero-order valence-electron chi connectivity index (χ0n) is 18.0. The van der Waals surface area contributed by atoms with E-state index in [0.29, 0.717) is 27.6 Å². The van der Waals surface area contributed by atoms with Gasteiger partial charge in [-0.15, -0.1) is 0 Å². The average Bonchev–Trinajstić information content (AvgIpc) is 3.23. The first-order valence-electron chi connectivity index (χ1n) is 9.74. The number of aryl methyl sites for hydroxylation is 1. The summed E-state index contributed by atoms with van der Waals surface area (Å²) < 4.78 is 2.47. The molecule has 0 unspecified atom stereocenters. The zero-order chi connectivity index (χ0) is 22.3. The summed E-state index contributed by atoms with van der Waals surface area (Å²) in [7, 11) is 3.07. The molecule has 0 N–H and O–H groups in total. The standard InChI is InChI=1S/C21H23N7O2S/c1-21(2,3)19-23-16-15(18(29)27(5)20(30)26(16)4)17(24-19)31-12-13-11-22-28(25-13)14-9-7-6-8-10-14/h6-11H,12H2,1-5H3. The molecule has 0 saturated carbocycles. The van der Waals surface area contributed by atoms with Gasteiger partial charge in [-0.1, -0.05) is 50.7 Å². The summed E-state index contributed by atoms with van der Waals surface area (Å²) in [4.78, 5) is 36.2. The van der Waals surface area contributed by atoms with Gasteiger partial charge in [0.2, 0.25) is 0 Å². The number of aromatic nitrogens is 7. The van der Waals surface area contributed by atoms with E-state index in [9.17, 15) is 9.59 Å². The third-order valence-corrected chi connectivity index (χ3v) is 5.83. The summed E-state index contributed by atoms with van der Waals surface area (Å²) in [5, 5.41) is 9.70. The number of nitrogens with zero attached hydrogens (tertiary/aromatic N) is 7. The lowest BCUT2D eigenvalue weighted by Crippen LogP contribution is -2.38. The minimum Gasteiger partial charge on any atom is -0.280 e. The molecular weight excluding hydrogens is 414 g/mol. The Balaban J connectivity index is 1.77. The minimum absolute atomic E-state index is 0.332. The van der Waals surface area contributed by atoms with Crippen molar-refractivity contribution in [3.8, 4) is 5.69 Å². The largest absolute Gasteiger partial charge is 0.332 e. The van der Waals surface area contributed by atoms with Crippen LogP contribution in [0.15, 0.2) is 51.1 Å². The highest BCUT2D eigenvalue weighted by atomic mass is 32.2. The van der Waals surface area contributed by atoms with E-state index in [1.165, 1.54) is 23.4 Å². The Morgan fingerprint density at radius 3 is 2.39 bits per heavy atom. The molecule has 10 heteroatoms. The molecule has 0 atom stereocenters. The summed E-state index contributed by atoms with van der Waals surface area (Å²) in [6.07, 6.45) is 1.70. The van der Waals surface area contributed by atoms with Gasteiger partial charge in [-0.05, 0) is 12.1 Å². The molecule has 0 spiro atoms. The second kappa shape index (κ2) is 7.77. The van der Waals surface area contributed by atoms with Crippen LogP contribution in [0.5, 0.6) is 0 Å². The maximum Gasteiger partial charge on any atom is 0.332 e. The zero-order valence-corrected chi connectivity index (χ0v) is 18.8. The first kappa shape index (κ1) is 21.0. The van der Waals surface area contributed by atoms with Crippen molar-refractivity contribution in [1.29, 1.82) is 0 Å². The molecular formula is C21H23N7O2S. The van der Waals surface area contributed by atoms with Crippen LogP contribution in [0.4, 0.5) is 0 Å².